The number of aromatic carboxylic acids is 1. The number of aldehydes is 1. The Morgan fingerprint density at radius 2 is 1.73 bits per heavy atom. The Morgan fingerprint density at radius 1 is 1.05 bits per heavy atom. The smallest absolute Gasteiger partial charge is 0.436 e. The average molecular weight is 583 g/mol. The van der Waals surface area contributed by atoms with Gasteiger partial charge in [-0.1, -0.05) is 24.3 Å². The summed E-state index contributed by atoms with van der Waals surface area (Å²) in [6, 6.07) is 8.15. The molecule has 1 amide bonds. The van der Waals surface area contributed by atoms with Crippen molar-refractivity contribution in [2.75, 3.05) is 11.4 Å². The summed E-state index contributed by atoms with van der Waals surface area (Å²) in [7, 11) is 0. The van der Waals surface area contributed by atoms with E-state index in [-0.39, 0.29) is 55.0 Å². The number of carboxylic acid groups (broad SMARTS) is 1. The first-order valence-electron chi connectivity index (χ1n) is 12.4. The summed E-state index contributed by atoms with van der Waals surface area (Å²) >= 11 is 0. The lowest BCUT2D eigenvalue weighted by Gasteiger charge is -2.22. The fourth-order valence-corrected chi connectivity index (χ4v) is 4.72. The van der Waals surface area contributed by atoms with Crippen LogP contribution >= 0.6 is 0 Å². The van der Waals surface area contributed by atoms with E-state index in [2.05, 4.69) is 10.4 Å². The maximum atomic E-state index is 13.9. The number of amides is 1. The monoisotopic (exact) mass is 582 g/mol. The van der Waals surface area contributed by atoms with Gasteiger partial charge in [0.05, 0.1) is 23.7 Å². The molecule has 1 aliphatic heterocycles. The van der Waals surface area contributed by atoms with Crippen molar-refractivity contribution in [1.82, 2.24) is 15.1 Å². The number of nitrogens with zero attached hydrogens (tertiary/aromatic N) is 3. The summed E-state index contributed by atoms with van der Waals surface area (Å²) in [5.41, 5.74) is -2.64. The summed E-state index contributed by atoms with van der Waals surface area (Å²) in [5.74, 6) is -2.45. The number of carbonyl (C=O) groups excluding carboxylic acids is 2. The number of carboxylic acids is 1. The zero-order valence-electron chi connectivity index (χ0n) is 21.5. The molecular formula is C27H24F6N4O4. The number of nitrogens with one attached hydrogen (secondary N) is 1. The van der Waals surface area contributed by atoms with Gasteiger partial charge in [-0.2, -0.15) is 31.4 Å². The SMILES string of the molecule is C[C@H](NC(=O)c1c(C(F)(F)F)nn2c1N(Cc1ccc(CCC=O)c(C(F)(F)F)c1)CC2)c1ccc(C(=O)O)cc1. The normalized spacial score (nSPS) is 14.1. The topological polar surface area (TPSA) is 105 Å². The highest BCUT2D eigenvalue weighted by Gasteiger charge is 2.44. The molecule has 14 heteroatoms. The molecule has 1 aliphatic rings. The van der Waals surface area contributed by atoms with Gasteiger partial charge in [0.15, 0.2) is 5.69 Å². The molecule has 4 rings (SSSR count). The van der Waals surface area contributed by atoms with E-state index >= 15 is 0 Å². The van der Waals surface area contributed by atoms with E-state index in [1.165, 1.54) is 48.2 Å². The van der Waals surface area contributed by atoms with Gasteiger partial charge >= 0.3 is 18.3 Å². The molecule has 0 unspecified atom stereocenters. The number of alkyl halides is 6. The van der Waals surface area contributed by atoms with Gasteiger partial charge in [0.25, 0.3) is 5.91 Å². The first kappa shape index (κ1) is 29.6. The van der Waals surface area contributed by atoms with Crippen LogP contribution < -0.4 is 10.2 Å². The van der Waals surface area contributed by atoms with Crippen LogP contribution in [0, 0.1) is 0 Å². The minimum absolute atomic E-state index is 0.0119. The van der Waals surface area contributed by atoms with E-state index in [1.54, 1.807) is 0 Å². The maximum absolute atomic E-state index is 13.9. The van der Waals surface area contributed by atoms with Crippen molar-refractivity contribution in [3.8, 4) is 0 Å². The van der Waals surface area contributed by atoms with E-state index in [0.29, 0.717) is 11.8 Å². The quantitative estimate of drug-likeness (QED) is 0.264. The van der Waals surface area contributed by atoms with Crippen molar-refractivity contribution < 1.29 is 45.8 Å². The fraction of sp³-hybridized carbons (Fsp3) is 0.333. The number of hydrogen-bond acceptors (Lipinski definition) is 5. The third-order valence-corrected chi connectivity index (χ3v) is 6.69. The molecule has 1 aromatic heterocycles. The molecule has 3 aromatic rings. The molecule has 0 fully saturated rings. The van der Waals surface area contributed by atoms with Crippen LogP contribution in [0.4, 0.5) is 32.2 Å². The van der Waals surface area contributed by atoms with E-state index in [9.17, 15) is 40.7 Å². The minimum atomic E-state index is -4.99. The molecule has 2 aromatic carbocycles. The predicted molar refractivity (Wildman–Crippen MR) is 133 cm³/mol. The number of hydrogen-bond donors (Lipinski definition) is 2. The Morgan fingerprint density at radius 3 is 2.32 bits per heavy atom. The Hall–Kier alpha value is -4.36. The van der Waals surface area contributed by atoms with E-state index in [0.717, 1.165) is 10.7 Å². The van der Waals surface area contributed by atoms with Crippen LogP contribution in [0.15, 0.2) is 42.5 Å². The van der Waals surface area contributed by atoms with Crippen LogP contribution in [0.25, 0.3) is 0 Å². The zero-order valence-corrected chi connectivity index (χ0v) is 21.5. The number of fused-ring (bicyclic) bond motifs is 1. The summed E-state index contributed by atoms with van der Waals surface area (Å²) < 4.78 is 84.0. The molecule has 0 saturated heterocycles. The van der Waals surface area contributed by atoms with Gasteiger partial charge < -0.3 is 20.1 Å². The molecule has 218 valence electrons. The Labute approximate surface area is 229 Å². The summed E-state index contributed by atoms with van der Waals surface area (Å²) in [5, 5.41) is 15.1. The molecule has 0 radical (unpaired) electrons. The lowest BCUT2D eigenvalue weighted by Crippen LogP contribution is -2.31. The second-order valence-electron chi connectivity index (χ2n) is 9.51. The Balaban J connectivity index is 1.66. The molecule has 0 aliphatic carbocycles. The van der Waals surface area contributed by atoms with Crippen molar-refractivity contribution in [3.05, 3.63) is 81.5 Å². The molecule has 0 spiro atoms. The zero-order chi connectivity index (χ0) is 30.1. The highest BCUT2D eigenvalue weighted by Crippen LogP contribution is 2.39. The first-order valence-corrected chi connectivity index (χ1v) is 12.4. The number of aryl methyl sites for hydroxylation is 1. The molecule has 1 atom stereocenters. The number of aromatic nitrogens is 2. The van der Waals surface area contributed by atoms with Crippen molar-refractivity contribution in [3.63, 3.8) is 0 Å². The van der Waals surface area contributed by atoms with Crippen LogP contribution in [-0.4, -0.2) is 39.6 Å². The largest absolute Gasteiger partial charge is 0.478 e. The number of anilines is 1. The van der Waals surface area contributed by atoms with Crippen molar-refractivity contribution in [1.29, 1.82) is 0 Å². The molecule has 0 saturated carbocycles. The summed E-state index contributed by atoms with van der Waals surface area (Å²) in [4.78, 5) is 36.4. The van der Waals surface area contributed by atoms with E-state index in [4.69, 9.17) is 5.11 Å². The van der Waals surface area contributed by atoms with Crippen LogP contribution in [0.3, 0.4) is 0 Å². The second kappa shape index (κ2) is 11.3. The van der Waals surface area contributed by atoms with Gasteiger partial charge in [0.1, 0.15) is 17.7 Å². The average Bonchev–Trinajstić information content (AvgIpc) is 3.47. The third kappa shape index (κ3) is 6.36. The lowest BCUT2D eigenvalue weighted by atomic mass is 9.99. The van der Waals surface area contributed by atoms with Gasteiger partial charge in [-0.3, -0.25) is 4.79 Å². The van der Waals surface area contributed by atoms with Crippen LogP contribution in [-0.2, 0) is 36.7 Å². The lowest BCUT2D eigenvalue weighted by molar-refractivity contribution is -0.142. The van der Waals surface area contributed by atoms with E-state index < -0.39 is 47.1 Å². The fourth-order valence-electron chi connectivity index (χ4n) is 4.72. The van der Waals surface area contributed by atoms with Gasteiger partial charge in [-0.25, -0.2) is 9.48 Å². The molecule has 2 N–H and O–H groups in total. The first-order chi connectivity index (χ1) is 19.2. The standard InChI is InChI=1S/C27H24F6N4O4/c1-15(17-6-8-19(9-7-17)25(40)41)34-23(39)21-22(27(31,32)33)35-37-11-10-36(24(21)37)14-16-4-5-18(3-2-12-38)20(13-16)26(28,29)30/h4-9,12-13,15H,2-3,10-11,14H2,1H3,(H,34,39)(H,40,41)/t15-/m0/s1. The van der Waals surface area contributed by atoms with Crippen LogP contribution in [0.1, 0.15) is 68.1 Å². The molecule has 2 heterocycles. The van der Waals surface area contributed by atoms with Crippen molar-refractivity contribution in [2.45, 2.75) is 51.2 Å². The number of benzene rings is 2. The summed E-state index contributed by atoms with van der Waals surface area (Å²) in [6.07, 6.45) is -9.42. The second-order valence-corrected chi connectivity index (χ2v) is 9.51. The highest BCUT2D eigenvalue weighted by atomic mass is 19.4. The van der Waals surface area contributed by atoms with Gasteiger partial charge in [0, 0.05) is 19.5 Å². The van der Waals surface area contributed by atoms with Crippen LogP contribution in [0.5, 0.6) is 0 Å². The Bertz CT molecular complexity index is 1460. The Kier molecular flexibility index (Phi) is 8.13. The summed E-state index contributed by atoms with van der Waals surface area (Å²) in [6.45, 7) is 1.35. The minimum Gasteiger partial charge on any atom is -0.478 e. The van der Waals surface area contributed by atoms with Gasteiger partial charge in [-0.15, -0.1) is 0 Å². The predicted octanol–water partition coefficient (Wildman–Crippen LogP) is 5.26. The third-order valence-electron chi connectivity index (χ3n) is 6.69. The number of rotatable bonds is 9. The van der Waals surface area contributed by atoms with Gasteiger partial charge in [0.2, 0.25) is 0 Å². The number of halogens is 6. The van der Waals surface area contributed by atoms with Crippen molar-refractivity contribution in [2.24, 2.45) is 0 Å². The van der Waals surface area contributed by atoms with Crippen LogP contribution in [0.2, 0.25) is 0 Å². The highest BCUT2D eigenvalue weighted by molar-refractivity contribution is 6.01. The molecular weight excluding hydrogens is 558 g/mol. The van der Waals surface area contributed by atoms with Crippen molar-refractivity contribution >= 4 is 24.0 Å². The molecule has 41 heavy (non-hydrogen) atoms. The molecule has 0 bridgehead atoms. The maximum Gasteiger partial charge on any atom is 0.436 e. The molecule has 8 nitrogen and oxygen atoms in total. The van der Waals surface area contributed by atoms with Gasteiger partial charge in [-0.05, 0) is 48.2 Å². The number of carbonyl (C=O) groups is 3. The van der Waals surface area contributed by atoms with E-state index in [1.807, 2.05) is 0 Å².